The third-order valence-electron chi connectivity index (χ3n) is 3.85. The molecule has 1 fully saturated rings. The van der Waals surface area contributed by atoms with Crippen molar-refractivity contribution in [3.05, 3.63) is 22.7 Å². The summed E-state index contributed by atoms with van der Waals surface area (Å²) in [4.78, 5) is 0.200. The monoisotopic (exact) mass is 330 g/mol. The number of hydrogen-bond donors (Lipinski definition) is 1. The second-order valence-electron chi connectivity index (χ2n) is 6.15. The van der Waals surface area contributed by atoms with Crippen LogP contribution in [-0.4, -0.2) is 25.3 Å². The highest BCUT2D eigenvalue weighted by molar-refractivity contribution is 7.89. The molecule has 0 bridgehead atoms. The van der Waals surface area contributed by atoms with Gasteiger partial charge < -0.3 is 5.73 Å². The van der Waals surface area contributed by atoms with Gasteiger partial charge in [-0.3, -0.25) is 0 Å². The van der Waals surface area contributed by atoms with Crippen molar-refractivity contribution in [2.75, 3.05) is 12.3 Å². The van der Waals surface area contributed by atoms with Gasteiger partial charge in [-0.1, -0.05) is 25.4 Å². The normalized spacial score (nSPS) is 15.9. The second kappa shape index (κ2) is 6.15. The summed E-state index contributed by atoms with van der Waals surface area (Å²) in [5, 5.41) is 0.396. The SMILES string of the molecule is Cc1c(N)cc(S(=O)(=O)N(CCC(C)C)C2CC2)cc1Cl. The fraction of sp³-hybridized carbons (Fsp3) is 0.600. The lowest BCUT2D eigenvalue weighted by atomic mass is 10.1. The van der Waals surface area contributed by atoms with Crippen LogP contribution in [0.2, 0.25) is 5.02 Å². The molecule has 1 saturated carbocycles. The van der Waals surface area contributed by atoms with Crippen molar-refractivity contribution >= 4 is 27.3 Å². The second-order valence-corrected chi connectivity index (χ2v) is 8.45. The first-order valence-corrected chi connectivity index (χ1v) is 9.12. The van der Waals surface area contributed by atoms with Crippen LogP contribution in [0.5, 0.6) is 0 Å². The van der Waals surface area contributed by atoms with E-state index in [-0.39, 0.29) is 10.9 Å². The van der Waals surface area contributed by atoms with Crippen LogP contribution in [0, 0.1) is 12.8 Å². The molecule has 2 rings (SSSR count). The van der Waals surface area contributed by atoms with Gasteiger partial charge in [0.05, 0.1) is 4.90 Å². The summed E-state index contributed by atoms with van der Waals surface area (Å²) >= 11 is 6.09. The topological polar surface area (TPSA) is 63.4 Å². The molecule has 6 heteroatoms. The lowest BCUT2D eigenvalue weighted by Crippen LogP contribution is -2.34. The molecule has 21 heavy (non-hydrogen) atoms. The van der Waals surface area contributed by atoms with E-state index in [9.17, 15) is 8.42 Å². The Morgan fingerprint density at radius 3 is 2.48 bits per heavy atom. The van der Waals surface area contributed by atoms with E-state index in [1.54, 1.807) is 11.2 Å². The van der Waals surface area contributed by atoms with E-state index in [0.29, 0.717) is 23.2 Å². The van der Waals surface area contributed by atoms with Crippen LogP contribution in [0.25, 0.3) is 0 Å². The van der Waals surface area contributed by atoms with E-state index >= 15 is 0 Å². The van der Waals surface area contributed by atoms with Crippen LogP contribution >= 0.6 is 11.6 Å². The van der Waals surface area contributed by atoms with Crippen molar-refractivity contribution < 1.29 is 8.42 Å². The maximum atomic E-state index is 12.9. The Kier molecular flexibility index (Phi) is 4.85. The molecule has 4 nitrogen and oxygen atoms in total. The Bertz CT molecular complexity index is 602. The summed E-state index contributed by atoms with van der Waals surface area (Å²) in [6.45, 7) is 6.53. The molecule has 0 atom stereocenters. The molecule has 0 radical (unpaired) electrons. The summed E-state index contributed by atoms with van der Waals surface area (Å²) < 4.78 is 27.3. The van der Waals surface area contributed by atoms with Gasteiger partial charge in [-0.2, -0.15) is 4.31 Å². The number of halogens is 1. The van der Waals surface area contributed by atoms with Crippen molar-refractivity contribution in [2.45, 2.75) is 51.0 Å². The van der Waals surface area contributed by atoms with Gasteiger partial charge >= 0.3 is 0 Å². The lowest BCUT2D eigenvalue weighted by Gasteiger charge is -2.23. The Morgan fingerprint density at radius 2 is 2.00 bits per heavy atom. The fourth-order valence-electron chi connectivity index (χ4n) is 2.21. The van der Waals surface area contributed by atoms with E-state index in [4.69, 9.17) is 17.3 Å². The Labute approximate surface area is 132 Å². The minimum Gasteiger partial charge on any atom is -0.398 e. The molecular formula is C15H23ClN2O2S. The van der Waals surface area contributed by atoms with Crippen LogP contribution in [-0.2, 0) is 10.0 Å². The number of hydrogen-bond acceptors (Lipinski definition) is 3. The Balaban J connectivity index is 2.34. The van der Waals surface area contributed by atoms with E-state index in [1.807, 2.05) is 0 Å². The molecule has 1 aromatic rings. The highest BCUT2D eigenvalue weighted by atomic mass is 35.5. The molecule has 0 heterocycles. The number of benzene rings is 1. The molecule has 1 aliphatic carbocycles. The van der Waals surface area contributed by atoms with Crippen LogP contribution in [0.4, 0.5) is 5.69 Å². The molecule has 0 unspecified atom stereocenters. The third-order valence-corrected chi connectivity index (χ3v) is 6.17. The maximum Gasteiger partial charge on any atom is 0.243 e. The van der Waals surface area contributed by atoms with Crippen LogP contribution in [0.1, 0.15) is 38.7 Å². The fourth-order valence-corrected chi connectivity index (χ4v) is 4.26. The molecular weight excluding hydrogens is 308 g/mol. The zero-order valence-corrected chi connectivity index (χ0v) is 14.3. The number of anilines is 1. The van der Waals surface area contributed by atoms with Gasteiger partial charge in [0.15, 0.2) is 0 Å². The Hall–Kier alpha value is -0.780. The van der Waals surface area contributed by atoms with Gasteiger partial charge in [0.1, 0.15) is 0 Å². The highest BCUT2D eigenvalue weighted by Crippen LogP contribution is 2.34. The number of nitrogen functional groups attached to an aromatic ring is 1. The standard InChI is InChI=1S/C15H23ClN2O2S/c1-10(2)6-7-18(12-4-5-12)21(19,20)13-8-14(16)11(3)15(17)9-13/h8-10,12H,4-7,17H2,1-3H3. The van der Waals surface area contributed by atoms with Gasteiger partial charge in [-0.05, 0) is 49.8 Å². The first-order valence-electron chi connectivity index (χ1n) is 7.31. The first-order chi connectivity index (χ1) is 9.73. The minimum atomic E-state index is -3.53. The first kappa shape index (κ1) is 16.6. The van der Waals surface area contributed by atoms with E-state index < -0.39 is 10.0 Å². The summed E-state index contributed by atoms with van der Waals surface area (Å²) in [7, 11) is -3.53. The predicted molar refractivity (Wildman–Crippen MR) is 87.0 cm³/mol. The predicted octanol–water partition coefficient (Wildman–Crippen LogP) is 3.43. The average molecular weight is 331 g/mol. The minimum absolute atomic E-state index is 0.134. The third kappa shape index (κ3) is 3.71. The number of nitrogens with two attached hydrogens (primary N) is 1. The largest absolute Gasteiger partial charge is 0.398 e. The Morgan fingerprint density at radius 1 is 1.38 bits per heavy atom. The van der Waals surface area contributed by atoms with Crippen molar-refractivity contribution in [1.82, 2.24) is 4.31 Å². The van der Waals surface area contributed by atoms with Crippen molar-refractivity contribution in [3.8, 4) is 0 Å². The van der Waals surface area contributed by atoms with Gasteiger partial charge in [0.2, 0.25) is 10.0 Å². The smallest absolute Gasteiger partial charge is 0.243 e. The van der Waals surface area contributed by atoms with Gasteiger partial charge in [0.25, 0.3) is 0 Å². The molecule has 118 valence electrons. The van der Waals surface area contributed by atoms with Gasteiger partial charge in [0, 0.05) is 23.3 Å². The van der Waals surface area contributed by atoms with Crippen LogP contribution in [0.15, 0.2) is 17.0 Å². The van der Waals surface area contributed by atoms with Gasteiger partial charge in [-0.25, -0.2) is 8.42 Å². The molecule has 1 aromatic carbocycles. The van der Waals surface area contributed by atoms with Crippen LogP contribution < -0.4 is 5.73 Å². The van der Waals surface area contributed by atoms with Crippen molar-refractivity contribution in [3.63, 3.8) is 0 Å². The molecule has 2 N–H and O–H groups in total. The zero-order chi connectivity index (χ0) is 15.8. The van der Waals surface area contributed by atoms with E-state index in [0.717, 1.165) is 24.8 Å². The molecule has 0 aromatic heterocycles. The summed E-state index contributed by atoms with van der Waals surface area (Å²) in [5.74, 6) is 0.466. The van der Waals surface area contributed by atoms with Crippen molar-refractivity contribution in [2.24, 2.45) is 5.92 Å². The number of rotatable bonds is 6. The average Bonchev–Trinajstić information content (AvgIpc) is 3.19. The molecule has 0 saturated heterocycles. The maximum absolute atomic E-state index is 12.9. The highest BCUT2D eigenvalue weighted by Gasteiger charge is 2.38. The van der Waals surface area contributed by atoms with E-state index in [2.05, 4.69) is 13.8 Å². The molecule has 0 spiro atoms. The molecule has 0 amide bonds. The van der Waals surface area contributed by atoms with Gasteiger partial charge in [-0.15, -0.1) is 0 Å². The van der Waals surface area contributed by atoms with Crippen LogP contribution in [0.3, 0.4) is 0 Å². The number of sulfonamides is 1. The summed E-state index contributed by atoms with van der Waals surface area (Å²) in [6.07, 6.45) is 2.73. The quantitative estimate of drug-likeness (QED) is 0.813. The van der Waals surface area contributed by atoms with Crippen molar-refractivity contribution in [1.29, 1.82) is 0 Å². The summed E-state index contributed by atoms with van der Waals surface area (Å²) in [5.41, 5.74) is 7.00. The van der Waals surface area contributed by atoms with E-state index in [1.165, 1.54) is 12.1 Å². The molecule has 1 aliphatic rings. The molecule has 0 aliphatic heterocycles. The zero-order valence-electron chi connectivity index (χ0n) is 12.8. The number of nitrogens with zero attached hydrogens (tertiary/aromatic N) is 1. The lowest BCUT2D eigenvalue weighted by molar-refractivity contribution is 0.373. The summed E-state index contributed by atoms with van der Waals surface area (Å²) in [6, 6.07) is 3.16.